The molecule has 1 N–H and O–H groups in total. The number of hydrogen-bond donors (Lipinski definition) is 1. The van der Waals surface area contributed by atoms with Gasteiger partial charge in [-0.15, -0.1) is 0 Å². The van der Waals surface area contributed by atoms with Gasteiger partial charge in [-0.25, -0.2) is 9.78 Å². The molecule has 1 aliphatic heterocycles. The summed E-state index contributed by atoms with van der Waals surface area (Å²) in [5, 5.41) is 3.02. The van der Waals surface area contributed by atoms with Gasteiger partial charge in [0.25, 0.3) is 0 Å². The summed E-state index contributed by atoms with van der Waals surface area (Å²) in [6, 6.07) is 16.0. The summed E-state index contributed by atoms with van der Waals surface area (Å²) in [6.45, 7) is 3.26. The number of rotatable bonds is 3. The minimum absolute atomic E-state index is 0.0591. The Hall–Kier alpha value is -3.02. The first kappa shape index (κ1) is 17.1. The van der Waals surface area contributed by atoms with Crippen LogP contribution in [0.4, 0.5) is 16.2 Å². The molecule has 28 heavy (non-hydrogen) atoms. The van der Waals surface area contributed by atoms with Crippen LogP contribution in [0.2, 0.25) is 0 Å². The molecule has 5 rings (SSSR count). The Balaban J connectivity index is 1.24. The van der Waals surface area contributed by atoms with E-state index < -0.39 is 0 Å². The van der Waals surface area contributed by atoms with Gasteiger partial charge in [0, 0.05) is 49.5 Å². The predicted octanol–water partition coefficient (Wildman–Crippen LogP) is 4.45. The average molecular weight is 376 g/mol. The third-order valence-corrected chi connectivity index (χ3v) is 5.49. The lowest BCUT2D eigenvalue weighted by molar-refractivity contribution is 0.215. The van der Waals surface area contributed by atoms with E-state index in [0.29, 0.717) is 12.5 Å². The first-order valence-corrected chi connectivity index (χ1v) is 10.0. The van der Waals surface area contributed by atoms with Crippen molar-refractivity contribution in [2.45, 2.75) is 25.2 Å². The van der Waals surface area contributed by atoms with Crippen LogP contribution in [-0.2, 0) is 0 Å². The number of oxazole rings is 1. The molecule has 2 aliphatic rings. The number of carbonyl (C=O) groups excluding carboxylic acids is 1. The van der Waals surface area contributed by atoms with Gasteiger partial charge >= 0.3 is 6.03 Å². The molecular formula is C22H24N4O2. The van der Waals surface area contributed by atoms with Crippen LogP contribution < -0.4 is 10.2 Å². The van der Waals surface area contributed by atoms with Crippen molar-refractivity contribution in [3.63, 3.8) is 0 Å². The van der Waals surface area contributed by atoms with Crippen molar-refractivity contribution in [2.75, 3.05) is 36.4 Å². The Morgan fingerprint density at radius 2 is 1.89 bits per heavy atom. The van der Waals surface area contributed by atoms with Crippen molar-refractivity contribution in [1.29, 1.82) is 0 Å². The van der Waals surface area contributed by atoms with Gasteiger partial charge in [0.15, 0.2) is 11.5 Å². The Morgan fingerprint density at radius 1 is 1.04 bits per heavy atom. The largest absolute Gasteiger partial charge is 0.440 e. The van der Waals surface area contributed by atoms with E-state index in [-0.39, 0.29) is 6.03 Å². The number of nitrogens with one attached hydrogen (secondary N) is 1. The van der Waals surface area contributed by atoms with E-state index in [9.17, 15) is 4.79 Å². The van der Waals surface area contributed by atoms with E-state index in [1.165, 1.54) is 5.69 Å². The maximum atomic E-state index is 12.8. The van der Waals surface area contributed by atoms with Crippen LogP contribution >= 0.6 is 0 Å². The highest BCUT2D eigenvalue weighted by Crippen LogP contribution is 2.40. The van der Waals surface area contributed by atoms with E-state index in [1.54, 1.807) is 0 Å². The van der Waals surface area contributed by atoms with Crippen molar-refractivity contribution in [3.05, 3.63) is 54.4 Å². The van der Waals surface area contributed by atoms with Gasteiger partial charge < -0.3 is 19.5 Å². The van der Waals surface area contributed by atoms with Gasteiger partial charge in [0.2, 0.25) is 0 Å². The zero-order valence-electron chi connectivity index (χ0n) is 15.8. The first-order valence-electron chi connectivity index (χ1n) is 10.0. The Bertz CT molecular complexity index is 981. The first-order chi connectivity index (χ1) is 13.8. The number of fused-ring (bicyclic) bond motifs is 1. The summed E-state index contributed by atoms with van der Waals surface area (Å²) in [7, 11) is 0. The smallest absolute Gasteiger partial charge is 0.321 e. The molecule has 0 radical (unpaired) electrons. The highest BCUT2D eigenvalue weighted by atomic mass is 16.3. The summed E-state index contributed by atoms with van der Waals surface area (Å²) >= 11 is 0. The van der Waals surface area contributed by atoms with Crippen LogP contribution in [0.3, 0.4) is 0 Å². The molecule has 0 bridgehead atoms. The second-order valence-corrected chi connectivity index (χ2v) is 7.60. The highest BCUT2D eigenvalue weighted by molar-refractivity contribution is 5.91. The number of nitrogens with zero attached hydrogens (tertiary/aromatic N) is 3. The number of hydrogen-bond acceptors (Lipinski definition) is 4. The topological polar surface area (TPSA) is 61.6 Å². The van der Waals surface area contributed by atoms with Gasteiger partial charge in [-0.2, -0.15) is 0 Å². The molecule has 0 spiro atoms. The van der Waals surface area contributed by atoms with Crippen molar-refractivity contribution in [3.8, 4) is 0 Å². The second kappa shape index (κ2) is 7.19. The third-order valence-electron chi connectivity index (χ3n) is 5.49. The molecular weight excluding hydrogens is 352 g/mol. The van der Waals surface area contributed by atoms with Crippen LogP contribution in [-0.4, -0.2) is 42.1 Å². The number of aromatic nitrogens is 1. The summed E-state index contributed by atoms with van der Waals surface area (Å²) in [5.74, 6) is 1.31. The van der Waals surface area contributed by atoms with Crippen LogP contribution in [0.15, 0.2) is 52.9 Å². The normalized spacial score (nSPS) is 17.6. The van der Waals surface area contributed by atoms with Gasteiger partial charge in [0.1, 0.15) is 5.52 Å². The molecule has 2 amide bonds. The molecule has 2 aromatic carbocycles. The predicted molar refractivity (Wildman–Crippen MR) is 110 cm³/mol. The Morgan fingerprint density at radius 3 is 2.71 bits per heavy atom. The molecule has 2 heterocycles. The average Bonchev–Trinajstić information content (AvgIpc) is 3.52. The number of benzene rings is 2. The minimum atomic E-state index is -0.0591. The van der Waals surface area contributed by atoms with Crippen LogP contribution in [0, 0.1) is 0 Å². The van der Waals surface area contributed by atoms with E-state index in [2.05, 4.69) is 39.5 Å². The summed E-state index contributed by atoms with van der Waals surface area (Å²) in [5.41, 5.74) is 3.56. The molecule has 1 aromatic heterocycles. The van der Waals surface area contributed by atoms with Gasteiger partial charge in [0.05, 0.1) is 0 Å². The maximum absolute atomic E-state index is 12.8. The summed E-state index contributed by atoms with van der Waals surface area (Å²) < 4.78 is 5.86. The zero-order valence-corrected chi connectivity index (χ0v) is 15.8. The van der Waals surface area contributed by atoms with Crippen molar-refractivity contribution in [1.82, 2.24) is 9.88 Å². The molecule has 6 nitrogen and oxygen atoms in total. The van der Waals surface area contributed by atoms with E-state index in [4.69, 9.17) is 4.42 Å². The van der Waals surface area contributed by atoms with E-state index in [0.717, 1.165) is 61.6 Å². The molecule has 0 atom stereocenters. The quantitative estimate of drug-likeness (QED) is 0.734. The molecule has 0 unspecified atom stereocenters. The lowest BCUT2D eigenvalue weighted by atomic mass is 10.3. The Labute approximate surface area is 164 Å². The van der Waals surface area contributed by atoms with Crippen LogP contribution in [0.1, 0.15) is 31.1 Å². The number of para-hydroxylation sites is 1. The minimum Gasteiger partial charge on any atom is -0.440 e. The molecule has 3 aromatic rings. The van der Waals surface area contributed by atoms with Crippen molar-refractivity contribution >= 4 is 28.5 Å². The molecule has 2 fully saturated rings. The molecule has 1 saturated carbocycles. The summed E-state index contributed by atoms with van der Waals surface area (Å²) in [6.07, 6.45) is 3.27. The number of anilines is 2. The monoisotopic (exact) mass is 376 g/mol. The fourth-order valence-electron chi connectivity index (χ4n) is 3.75. The van der Waals surface area contributed by atoms with Crippen molar-refractivity contribution in [2.24, 2.45) is 0 Å². The van der Waals surface area contributed by atoms with E-state index in [1.807, 2.05) is 29.2 Å². The standard InChI is InChI=1S/C22H24N4O2/c27-22(26-12-4-11-25(13-14-26)18-5-2-1-3-6-18)23-17-9-10-19-20(15-17)28-21(24-19)16-7-8-16/h1-3,5-6,9-10,15-16H,4,7-8,11-14H2,(H,23,27). The van der Waals surface area contributed by atoms with Crippen molar-refractivity contribution < 1.29 is 9.21 Å². The number of carbonyl (C=O) groups is 1. The zero-order chi connectivity index (χ0) is 18.9. The molecule has 144 valence electrons. The van der Waals surface area contributed by atoms with Crippen LogP contribution in [0.5, 0.6) is 0 Å². The Kier molecular flexibility index (Phi) is 4.39. The van der Waals surface area contributed by atoms with Crippen LogP contribution in [0.25, 0.3) is 11.1 Å². The fraction of sp³-hybridized carbons (Fsp3) is 0.364. The number of urea groups is 1. The molecule has 1 aliphatic carbocycles. The van der Waals surface area contributed by atoms with Gasteiger partial charge in [-0.1, -0.05) is 18.2 Å². The summed E-state index contributed by atoms with van der Waals surface area (Å²) in [4.78, 5) is 21.5. The third kappa shape index (κ3) is 3.54. The number of amides is 2. The maximum Gasteiger partial charge on any atom is 0.321 e. The lowest BCUT2D eigenvalue weighted by Crippen LogP contribution is -2.38. The second-order valence-electron chi connectivity index (χ2n) is 7.60. The molecule has 1 saturated heterocycles. The fourth-order valence-corrected chi connectivity index (χ4v) is 3.75. The van der Waals surface area contributed by atoms with Gasteiger partial charge in [-0.05, 0) is 43.5 Å². The molecule has 6 heteroatoms. The van der Waals surface area contributed by atoms with Gasteiger partial charge in [-0.3, -0.25) is 0 Å². The highest BCUT2D eigenvalue weighted by Gasteiger charge is 2.29. The SMILES string of the molecule is O=C(Nc1ccc2nc(C3CC3)oc2c1)N1CCCN(c2ccccc2)CC1. The lowest BCUT2D eigenvalue weighted by Gasteiger charge is -2.23. The van der Waals surface area contributed by atoms with E-state index >= 15 is 0 Å².